The lowest BCUT2D eigenvalue weighted by Crippen LogP contribution is -2.49. The number of rotatable bonds is 4. The van der Waals surface area contributed by atoms with Crippen LogP contribution in [0.3, 0.4) is 0 Å². The minimum atomic E-state index is -0.240. The molecule has 0 saturated carbocycles. The molecule has 0 unspecified atom stereocenters. The predicted octanol–water partition coefficient (Wildman–Crippen LogP) is 2.00. The second-order valence-corrected chi connectivity index (χ2v) is 6.02. The smallest absolute Gasteiger partial charge is 0.231 e. The molecule has 2 N–H and O–H groups in total. The third-order valence-corrected chi connectivity index (χ3v) is 4.61. The number of nitrogens with two attached hydrogens (primary N) is 1. The van der Waals surface area contributed by atoms with Gasteiger partial charge < -0.3 is 5.73 Å². The molecule has 3 rings (SSSR count). The van der Waals surface area contributed by atoms with Gasteiger partial charge in [-0.3, -0.25) is 14.6 Å². The quantitative estimate of drug-likeness (QED) is 0.939. The van der Waals surface area contributed by atoms with Gasteiger partial charge in [0.25, 0.3) is 0 Å². The lowest BCUT2D eigenvalue weighted by Gasteiger charge is -2.38. The molecule has 4 heteroatoms. The van der Waals surface area contributed by atoms with Crippen molar-refractivity contribution in [1.82, 2.24) is 9.80 Å². The molecular weight excluding hydrogens is 274 g/mol. The van der Waals surface area contributed by atoms with E-state index >= 15 is 0 Å². The van der Waals surface area contributed by atoms with Gasteiger partial charge in [-0.25, -0.2) is 0 Å². The molecule has 0 aliphatic carbocycles. The molecule has 1 amide bonds. The molecule has 0 spiro atoms. The number of amides is 1. The molecule has 4 nitrogen and oxygen atoms in total. The molecule has 1 aliphatic rings. The number of piperazine rings is 1. The van der Waals surface area contributed by atoms with Gasteiger partial charge in [-0.2, -0.15) is 0 Å². The summed E-state index contributed by atoms with van der Waals surface area (Å²) in [5.74, 6) is -0.240. The van der Waals surface area contributed by atoms with Crippen molar-refractivity contribution < 1.29 is 4.79 Å². The first-order valence-electron chi connectivity index (χ1n) is 7.87. The maximum atomic E-state index is 11.0. The summed E-state index contributed by atoms with van der Waals surface area (Å²) >= 11 is 0. The highest BCUT2D eigenvalue weighted by molar-refractivity contribution is 5.86. The Balaban J connectivity index is 1.74. The molecule has 1 heterocycles. The first-order valence-corrected chi connectivity index (χ1v) is 7.87. The third-order valence-electron chi connectivity index (χ3n) is 4.61. The highest BCUT2D eigenvalue weighted by Crippen LogP contribution is 2.28. The summed E-state index contributed by atoms with van der Waals surface area (Å²) in [5, 5.41) is 2.62. The Morgan fingerprint density at radius 2 is 1.77 bits per heavy atom. The van der Waals surface area contributed by atoms with Crippen LogP contribution in [0.25, 0.3) is 10.8 Å². The summed E-state index contributed by atoms with van der Waals surface area (Å²) < 4.78 is 0. The molecule has 22 heavy (non-hydrogen) atoms. The maximum absolute atomic E-state index is 11.0. The van der Waals surface area contributed by atoms with Crippen molar-refractivity contribution in [3.63, 3.8) is 0 Å². The normalized spacial score (nSPS) is 18.4. The lowest BCUT2D eigenvalue weighted by atomic mass is 9.98. The number of hydrogen-bond acceptors (Lipinski definition) is 3. The predicted molar refractivity (Wildman–Crippen MR) is 89.6 cm³/mol. The fourth-order valence-corrected chi connectivity index (χ4v) is 3.34. The van der Waals surface area contributed by atoms with Gasteiger partial charge in [0.05, 0.1) is 6.54 Å². The molecule has 2 aromatic carbocycles. The van der Waals surface area contributed by atoms with E-state index in [1.807, 2.05) is 0 Å². The summed E-state index contributed by atoms with van der Waals surface area (Å²) in [6.45, 7) is 6.38. The monoisotopic (exact) mass is 297 g/mol. The summed E-state index contributed by atoms with van der Waals surface area (Å²) in [4.78, 5) is 15.6. The Bertz CT molecular complexity index is 657. The van der Waals surface area contributed by atoms with Crippen LogP contribution in [0.5, 0.6) is 0 Å². The Morgan fingerprint density at radius 3 is 2.50 bits per heavy atom. The van der Waals surface area contributed by atoms with E-state index in [1.54, 1.807) is 0 Å². The Kier molecular flexibility index (Phi) is 4.41. The van der Waals surface area contributed by atoms with Gasteiger partial charge in [-0.1, -0.05) is 42.5 Å². The topological polar surface area (TPSA) is 49.6 Å². The number of carbonyl (C=O) groups excluding carboxylic acids is 1. The molecule has 1 aliphatic heterocycles. The van der Waals surface area contributed by atoms with E-state index in [0.29, 0.717) is 12.6 Å². The minimum absolute atomic E-state index is 0.240. The number of hydrogen-bond donors (Lipinski definition) is 1. The average molecular weight is 297 g/mol. The standard InChI is InChI=1S/C18H23N3O/c1-14(21-11-9-20(10-12-21)13-18(19)22)16-8-4-6-15-5-2-3-7-17(15)16/h2-8,14H,9-13H2,1H3,(H2,19,22)/t14-/m0/s1. The molecule has 1 fully saturated rings. The van der Waals surface area contributed by atoms with E-state index in [-0.39, 0.29) is 5.91 Å². The van der Waals surface area contributed by atoms with E-state index in [4.69, 9.17) is 5.73 Å². The molecule has 0 aromatic heterocycles. The number of benzene rings is 2. The first kappa shape index (κ1) is 15.0. The van der Waals surface area contributed by atoms with Crippen LogP contribution in [-0.4, -0.2) is 48.4 Å². The second-order valence-electron chi connectivity index (χ2n) is 6.02. The third kappa shape index (κ3) is 3.13. The number of carbonyl (C=O) groups is 1. The van der Waals surface area contributed by atoms with E-state index in [2.05, 4.69) is 59.2 Å². The molecule has 1 saturated heterocycles. The Hall–Kier alpha value is -1.91. The molecule has 0 radical (unpaired) electrons. The first-order chi connectivity index (χ1) is 10.6. The zero-order valence-corrected chi connectivity index (χ0v) is 13.0. The van der Waals surface area contributed by atoms with E-state index in [0.717, 1.165) is 26.2 Å². The van der Waals surface area contributed by atoms with Gasteiger partial charge in [-0.05, 0) is 23.3 Å². The van der Waals surface area contributed by atoms with Gasteiger partial charge in [-0.15, -0.1) is 0 Å². The van der Waals surface area contributed by atoms with Crippen LogP contribution in [0, 0.1) is 0 Å². The molecule has 116 valence electrons. The van der Waals surface area contributed by atoms with Crippen molar-refractivity contribution >= 4 is 16.7 Å². The number of fused-ring (bicyclic) bond motifs is 1. The summed E-state index contributed by atoms with van der Waals surface area (Å²) in [6, 6.07) is 15.4. The van der Waals surface area contributed by atoms with Gasteiger partial charge in [0, 0.05) is 32.2 Å². The second kappa shape index (κ2) is 6.46. The molecular formula is C18H23N3O. The molecule has 2 aromatic rings. The van der Waals surface area contributed by atoms with E-state index < -0.39 is 0 Å². The maximum Gasteiger partial charge on any atom is 0.231 e. The zero-order valence-electron chi connectivity index (χ0n) is 13.0. The van der Waals surface area contributed by atoms with Gasteiger partial charge in [0.2, 0.25) is 5.91 Å². The highest BCUT2D eigenvalue weighted by Gasteiger charge is 2.23. The van der Waals surface area contributed by atoms with E-state index in [9.17, 15) is 4.79 Å². The summed E-state index contributed by atoms with van der Waals surface area (Å²) in [6.07, 6.45) is 0. The molecule has 1 atom stereocenters. The van der Waals surface area contributed by atoms with Crippen LogP contribution >= 0.6 is 0 Å². The van der Waals surface area contributed by atoms with Crippen molar-refractivity contribution in [2.75, 3.05) is 32.7 Å². The molecule has 0 bridgehead atoms. The Morgan fingerprint density at radius 1 is 1.09 bits per heavy atom. The minimum Gasteiger partial charge on any atom is -0.369 e. The SMILES string of the molecule is C[C@@H](c1cccc2ccccc12)N1CCN(CC(N)=O)CC1. The van der Waals surface area contributed by atoms with Crippen LogP contribution < -0.4 is 5.73 Å². The van der Waals surface area contributed by atoms with Gasteiger partial charge >= 0.3 is 0 Å². The van der Waals surface area contributed by atoms with E-state index in [1.165, 1.54) is 16.3 Å². The average Bonchev–Trinajstić information content (AvgIpc) is 2.54. The van der Waals surface area contributed by atoms with Crippen LogP contribution in [0.4, 0.5) is 0 Å². The van der Waals surface area contributed by atoms with Crippen LogP contribution in [0.2, 0.25) is 0 Å². The fraction of sp³-hybridized carbons (Fsp3) is 0.389. The van der Waals surface area contributed by atoms with Crippen LogP contribution in [0.15, 0.2) is 42.5 Å². The van der Waals surface area contributed by atoms with Crippen molar-refractivity contribution in [2.45, 2.75) is 13.0 Å². The summed E-state index contributed by atoms with van der Waals surface area (Å²) in [5.41, 5.74) is 6.65. The Labute approximate surface area is 131 Å². The lowest BCUT2D eigenvalue weighted by molar-refractivity contribution is -0.119. The van der Waals surface area contributed by atoms with Crippen molar-refractivity contribution in [2.24, 2.45) is 5.73 Å². The van der Waals surface area contributed by atoms with Crippen molar-refractivity contribution in [1.29, 1.82) is 0 Å². The van der Waals surface area contributed by atoms with Crippen LogP contribution in [-0.2, 0) is 4.79 Å². The van der Waals surface area contributed by atoms with Crippen molar-refractivity contribution in [3.8, 4) is 0 Å². The largest absolute Gasteiger partial charge is 0.369 e. The van der Waals surface area contributed by atoms with Crippen LogP contribution in [0.1, 0.15) is 18.5 Å². The van der Waals surface area contributed by atoms with Crippen molar-refractivity contribution in [3.05, 3.63) is 48.0 Å². The number of primary amides is 1. The zero-order chi connectivity index (χ0) is 15.5. The number of nitrogens with zero attached hydrogens (tertiary/aromatic N) is 2. The van der Waals surface area contributed by atoms with Gasteiger partial charge in [0.1, 0.15) is 0 Å². The fourth-order valence-electron chi connectivity index (χ4n) is 3.34. The highest BCUT2D eigenvalue weighted by atomic mass is 16.1. The van der Waals surface area contributed by atoms with Gasteiger partial charge in [0.15, 0.2) is 0 Å². The summed E-state index contributed by atoms with van der Waals surface area (Å²) in [7, 11) is 0.